The smallest absolute Gasteiger partial charge is 0.357 e. The highest BCUT2D eigenvalue weighted by molar-refractivity contribution is 6.76. The van der Waals surface area contributed by atoms with Crippen LogP contribution in [-0.4, -0.2) is 56.1 Å². The average Bonchev–Trinajstić information content (AvgIpc) is 2.73. The normalized spacial score (nSPS) is 24.3. The number of esters is 2. The van der Waals surface area contributed by atoms with Gasteiger partial charge in [-0.2, -0.15) is 0 Å². The summed E-state index contributed by atoms with van der Waals surface area (Å²) < 4.78 is 17.6. The number of dihydropyridines is 1. The van der Waals surface area contributed by atoms with Crippen molar-refractivity contribution in [2.24, 2.45) is 10.7 Å². The molecule has 0 spiro atoms. The summed E-state index contributed by atoms with van der Waals surface area (Å²) >= 11 is 0. The van der Waals surface area contributed by atoms with Gasteiger partial charge in [0, 0.05) is 20.7 Å². The van der Waals surface area contributed by atoms with Gasteiger partial charge in [0.2, 0.25) is 5.60 Å². The van der Waals surface area contributed by atoms with Gasteiger partial charge < -0.3 is 19.9 Å². The van der Waals surface area contributed by atoms with Crippen LogP contribution in [0, 0.1) is 0 Å². The van der Waals surface area contributed by atoms with E-state index in [-0.39, 0.29) is 18.9 Å². The van der Waals surface area contributed by atoms with Gasteiger partial charge in [0.15, 0.2) is 0 Å². The highest BCUT2D eigenvalue weighted by atomic mass is 28.3. The molecule has 7 nitrogen and oxygen atoms in total. The van der Waals surface area contributed by atoms with E-state index in [1.165, 1.54) is 0 Å². The minimum absolute atomic E-state index is 0.106. The molecule has 2 aliphatic rings. The Balaban J connectivity index is 1.85. The molecule has 0 fully saturated rings. The van der Waals surface area contributed by atoms with Crippen molar-refractivity contribution in [3.63, 3.8) is 0 Å². The predicted molar refractivity (Wildman–Crippen MR) is 136 cm³/mol. The molecule has 0 amide bonds. The highest BCUT2D eigenvalue weighted by Crippen LogP contribution is 2.37. The zero-order valence-corrected chi connectivity index (χ0v) is 22.3. The first-order chi connectivity index (χ1) is 15.7. The Morgan fingerprint density at radius 3 is 2.53 bits per heavy atom. The molecular formula is C26H38N2O5Si. The van der Waals surface area contributed by atoms with Gasteiger partial charge in [0.25, 0.3) is 0 Å². The maximum Gasteiger partial charge on any atom is 0.357 e. The van der Waals surface area contributed by atoms with E-state index < -0.39 is 30.8 Å². The predicted octanol–water partition coefficient (Wildman–Crippen LogP) is 3.85. The number of aryl methyl sites for hydroxylation is 1. The van der Waals surface area contributed by atoms with Gasteiger partial charge in [-0.15, -0.1) is 0 Å². The number of nitrogens with two attached hydrogens (primary N) is 1. The van der Waals surface area contributed by atoms with E-state index in [4.69, 9.17) is 19.9 Å². The molecule has 1 aliphatic heterocycles. The fraction of sp³-hybridized carbons (Fsp3) is 0.577. The molecule has 0 saturated heterocycles. The molecule has 1 aromatic carbocycles. The van der Waals surface area contributed by atoms with Gasteiger partial charge in [-0.05, 0) is 69.0 Å². The second-order valence-corrected chi connectivity index (χ2v) is 17.1. The molecule has 0 radical (unpaired) electrons. The molecule has 1 heterocycles. The summed E-state index contributed by atoms with van der Waals surface area (Å²) in [7, 11) is -1.33. The first-order valence-electron chi connectivity index (χ1n) is 11.9. The van der Waals surface area contributed by atoms with Crippen molar-refractivity contribution >= 4 is 26.2 Å². The molecule has 0 bridgehead atoms. The van der Waals surface area contributed by atoms with Crippen molar-refractivity contribution in [3.8, 4) is 5.75 Å². The number of rotatable bonds is 7. The number of allylic oxidation sites excluding steroid dienone is 1. The number of benzene rings is 1. The van der Waals surface area contributed by atoms with Crippen LogP contribution in [0.4, 0.5) is 0 Å². The SMILES string of the molecule is CC(C)(C)OC(=O)C1(Oc2cccc3c2C[C@](N)(C(=O)OCC[Si](C)(C)C)CC3)C=CC=NC1. The molecule has 8 heteroatoms. The summed E-state index contributed by atoms with van der Waals surface area (Å²) in [5.74, 6) is -0.379. The van der Waals surface area contributed by atoms with E-state index >= 15 is 0 Å². The quantitative estimate of drug-likeness (QED) is 0.464. The van der Waals surface area contributed by atoms with E-state index in [1.54, 1.807) is 24.4 Å². The van der Waals surface area contributed by atoms with Gasteiger partial charge in [-0.25, -0.2) is 4.79 Å². The lowest BCUT2D eigenvalue weighted by Gasteiger charge is -2.36. The number of aliphatic imine (C=N–C) groups is 1. The number of hydrogen-bond donors (Lipinski definition) is 1. The summed E-state index contributed by atoms with van der Waals surface area (Å²) in [5.41, 5.74) is 5.28. The van der Waals surface area contributed by atoms with E-state index in [0.717, 1.165) is 17.2 Å². The largest absolute Gasteiger partial charge is 0.469 e. The topological polar surface area (TPSA) is 100 Å². The van der Waals surface area contributed by atoms with E-state index in [0.29, 0.717) is 25.2 Å². The maximum absolute atomic E-state index is 13.2. The molecule has 3 rings (SSSR count). The minimum atomic E-state index is -1.39. The Morgan fingerprint density at radius 2 is 1.91 bits per heavy atom. The van der Waals surface area contributed by atoms with Crippen molar-refractivity contribution in [1.29, 1.82) is 0 Å². The molecule has 1 aliphatic carbocycles. The standard InChI is InChI=1S/C26H38N2O5Si/c1-24(2,3)33-23(30)26(12-8-14-28-18-26)32-21-10-7-9-19-11-13-25(27,17-20(19)21)22(29)31-15-16-34(4,5)6/h7-10,12,14H,11,13,15-18,27H2,1-6H3/t25-,26?/m0/s1. The zero-order valence-electron chi connectivity index (χ0n) is 21.3. The Labute approximate surface area is 203 Å². The van der Waals surface area contributed by atoms with Gasteiger partial charge >= 0.3 is 11.9 Å². The number of nitrogens with zero attached hydrogens (tertiary/aromatic N) is 1. The monoisotopic (exact) mass is 486 g/mol. The molecule has 1 unspecified atom stereocenters. The fourth-order valence-corrected chi connectivity index (χ4v) is 4.69. The molecule has 0 saturated carbocycles. The number of carbonyl (C=O) groups excluding carboxylic acids is 2. The Morgan fingerprint density at radius 1 is 1.18 bits per heavy atom. The molecular weight excluding hydrogens is 448 g/mol. The number of carbonyl (C=O) groups is 2. The third kappa shape index (κ3) is 6.36. The van der Waals surface area contributed by atoms with Crippen LogP contribution in [0.5, 0.6) is 5.75 Å². The average molecular weight is 487 g/mol. The summed E-state index contributed by atoms with van der Waals surface area (Å²) in [5, 5.41) is 0. The van der Waals surface area contributed by atoms with Crippen LogP contribution in [-0.2, 0) is 31.9 Å². The summed E-state index contributed by atoms with van der Waals surface area (Å²) in [4.78, 5) is 30.4. The Bertz CT molecular complexity index is 992. The van der Waals surface area contributed by atoms with Crippen molar-refractivity contribution in [3.05, 3.63) is 41.5 Å². The lowest BCUT2D eigenvalue weighted by molar-refractivity contribution is -0.169. The van der Waals surface area contributed by atoms with Crippen LogP contribution in [0.15, 0.2) is 35.3 Å². The molecule has 0 aromatic heterocycles. The van der Waals surface area contributed by atoms with E-state index in [2.05, 4.69) is 24.6 Å². The van der Waals surface area contributed by atoms with Crippen LogP contribution < -0.4 is 10.5 Å². The van der Waals surface area contributed by atoms with Crippen LogP contribution >= 0.6 is 0 Å². The van der Waals surface area contributed by atoms with Gasteiger partial charge in [-0.1, -0.05) is 31.8 Å². The third-order valence-electron chi connectivity index (χ3n) is 5.97. The number of ether oxygens (including phenoxy) is 3. The van der Waals surface area contributed by atoms with E-state index in [1.807, 2.05) is 32.9 Å². The van der Waals surface area contributed by atoms with Crippen LogP contribution in [0.25, 0.3) is 0 Å². The summed E-state index contributed by atoms with van der Waals surface area (Å²) in [6.45, 7) is 12.7. The first-order valence-corrected chi connectivity index (χ1v) is 15.6. The summed E-state index contributed by atoms with van der Waals surface area (Å²) in [6.07, 6.45) is 6.40. The molecule has 2 N–H and O–H groups in total. The van der Waals surface area contributed by atoms with Crippen molar-refractivity contribution in [2.45, 2.75) is 82.5 Å². The molecule has 34 heavy (non-hydrogen) atoms. The Hall–Kier alpha value is -2.45. The van der Waals surface area contributed by atoms with Crippen LogP contribution in [0.3, 0.4) is 0 Å². The van der Waals surface area contributed by atoms with Crippen LogP contribution in [0.1, 0.15) is 38.3 Å². The van der Waals surface area contributed by atoms with Crippen LogP contribution in [0.2, 0.25) is 25.7 Å². The first kappa shape index (κ1) is 26.2. The lowest BCUT2D eigenvalue weighted by Crippen LogP contribution is -2.54. The lowest BCUT2D eigenvalue weighted by atomic mass is 9.78. The maximum atomic E-state index is 13.2. The Kier molecular flexibility index (Phi) is 7.43. The second kappa shape index (κ2) is 9.66. The summed E-state index contributed by atoms with van der Waals surface area (Å²) in [6, 6.07) is 6.60. The fourth-order valence-electron chi connectivity index (χ4n) is 3.97. The molecule has 1 aromatic rings. The van der Waals surface area contributed by atoms with Crippen molar-refractivity contribution < 1.29 is 23.8 Å². The van der Waals surface area contributed by atoms with Gasteiger partial charge in [0.05, 0.1) is 13.2 Å². The molecule has 186 valence electrons. The third-order valence-corrected chi connectivity index (χ3v) is 7.68. The van der Waals surface area contributed by atoms with Gasteiger partial charge in [-0.3, -0.25) is 9.79 Å². The highest BCUT2D eigenvalue weighted by Gasteiger charge is 2.45. The second-order valence-electron chi connectivity index (χ2n) is 11.5. The van der Waals surface area contributed by atoms with Crippen molar-refractivity contribution in [1.82, 2.24) is 0 Å². The number of fused-ring (bicyclic) bond motifs is 1. The van der Waals surface area contributed by atoms with Gasteiger partial charge in [0.1, 0.15) is 16.9 Å². The molecule has 2 atom stereocenters. The number of hydrogen-bond acceptors (Lipinski definition) is 7. The van der Waals surface area contributed by atoms with Crippen molar-refractivity contribution in [2.75, 3.05) is 13.2 Å². The zero-order chi connectivity index (χ0) is 25.2. The van der Waals surface area contributed by atoms with E-state index in [9.17, 15) is 9.59 Å². The minimum Gasteiger partial charge on any atom is -0.469 e.